The molecule has 15 heteroatoms. The molecule has 0 saturated heterocycles. The van der Waals surface area contributed by atoms with Crippen molar-refractivity contribution in [2.24, 2.45) is 0 Å². The smallest absolute Gasteiger partial charge is 0.388 e. The second-order valence-electron chi connectivity index (χ2n) is 21.4. The normalized spacial score (nSPS) is 12.0. The lowest BCUT2D eigenvalue weighted by Gasteiger charge is -2.23. The quantitative estimate of drug-likeness (QED) is 0.0273. The Morgan fingerprint density at radius 3 is 1.18 bits per heavy atom. The van der Waals surface area contributed by atoms with Gasteiger partial charge in [-0.25, -0.2) is 19.9 Å². The van der Waals surface area contributed by atoms with Crippen LogP contribution in [0, 0.1) is 0 Å². The van der Waals surface area contributed by atoms with E-state index in [9.17, 15) is 31.4 Å². The number of phenols is 1. The number of halogens is 6. The van der Waals surface area contributed by atoms with Crippen molar-refractivity contribution < 1.29 is 41.3 Å². The van der Waals surface area contributed by atoms with Gasteiger partial charge in [-0.1, -0.05) is 155 Å². The highest BCUT2D eigenvalue weighted by Crippen LogP contribution is 2.30. The molecule has 0 atom stereocenters. The topological polar surface area (TPSA) is 101 Å². The molecular formula is C58H92F6N4O3Si2. The number of unbranched alkanes of at least 4 members (excludes halogenated alkanes) is 16. The van der Waals surface area contributed by atoms with E-state index in [-0.39, 0.29) is 12.4 Å². The molecule has 2 aromatic heterocycles. The Labute approximate surface area is 438 Å². The molecule has 0 unspecified atom stereocenters. The summed E-state index contributed by atoms with van der Waals surface area (Å²) in [6, 6.07) is 17.2. The molecule has 73 heavy (non-hydrogen) atoms. The summed E-state index contributed by atoms with van der Waals surface area (Å²) in [5, 5.41) is 17.9. The van der Waals surface area contributed by atoms with Crippen LogP contribution in [0.4, 0.5) is 26.3 Å². The van der Waals surface area contributed by atoms with Gasteiger partial charge in [-0.3, -0.25) is 0 Å². The van der Waals surface area contributed by atoms with Crippen LogP contribution in [0.5, 0.6) is 11.5 Å². The summed E-state index contributed by atoms with van der Waals surface area (Å²) in [4.78, 5) is 18.0. The molecule has 7 nitrogen and oxygen atoms in total. The van der Waals surface area contributed by atoms with E-state index in [2.05, 4.69) is 33.8 Å². The lowest BCUT2D eigenvalue weighted by Crippen LogP contribution is -2.27. The first-order valence-electron chi connectivity index (χ1n) is 27.6. The highest BCUT2D eigenvalue weighted by atomic mass is 28.3. The summed E-state index contributed by atoms with van der Waals surface area (Å²) in [7, 11) is -3.48. The van der Waals surface area contributed by atoms with Crippen molar-refractivity contribution in [2.75, 3.05) is 13.2 Å². The number of phenolic OH excluding ortho intramolecular Hbond substituents is 1. The van der Waals surface area contributed by atoms with Crippen LogP contribution in [0.3, 0.4) is 0 Å². The highest BCUT2D eigenvalue weighted by molar-refractivity contribution is 6.77. The number of alkyl halides is 6. The Balaban J connectivity index is 0.000000419. The summed E-state index contributed by atoms with van der Waals surface area (Å²) in [5.41, 5.74) is 4.28. The first-order chi connectivity index (χ1) is 34.7. The molecule has 0 amide bonds. The van der Waals surface area contributed by atoms with Crippen molar-refractivity contribution in [3.05, 3.63) is 84.4 Å². The molecule has 2 heterocycles. The number of hydrogen-bond acceptors (Lipinski definition) is 7. The van der Waals surface area contributed by atoms with Gasteiger partial charge in [-0.05, 0) is 110 Å². The number of benzene rings is 2. The maximum atomic E-state index is 12.5. The zero-order chi connectivity index (χ0) is 53.9. The fourth-order valence-electron chi connectivity index (χ4n) is 8.32. The maximum absolute atomic E-state index is 12.5. The SMILES string of the molecule is CCCCCCCCCCc1cnc(-c2ccc(O)cc2)nc1.CCCCCCCCCCc1cnc(-c2ccc(OCCCC[Si](C)(C)CCC(F)(F)F)cc2)nc1.C[Si](C)(CCCCO)CCC(F)(F)F. The Hall–Kier alpha value is -3.83. The van der Waals surface area contributed by atoms with E-state index in [0.29, 0.717) is 36.8 Å². The third-order valence-electron chi connectivity index (χ3n) is 13.2. The van der Waals surface area contributed by atoms with Crippen LogP contribution in [0.1, 0.15) is 166 Å². The van der Waals surface area contributed by atoms with Crippen molar-refractivity contribution in [3.63, 3.8) is 0 Å². The van der Waals surface area contributed by atoms with Crippen LogP contribution in [-0.2, 0) is 12.8 Å². The molecule has 0 bridgehead atoms. The number of rotatable bonds is 34. The van der Waals surface area contributed by atoms with Crippen LogP contribution < -0.4 is 4.74 Å². The lowest BCUT2D eigenvalue weighted by molar-refractivity contribution is -0.131. The second-order valence-corrected chi connectivity index (χ2v) is 32.1. The molecule has 0 aliphatic carbocycles. The average molecular weight is 1060 g/mol. The van der Waals surface area contributed by atoms with Crippen molar-refractivity contribution in [2.45, 2.75) is 231 Å². The Morgan fingerprint density at radius 1 is 0.452 bits per heavy atom. The summed E-state index contributed by atoms with van der Waals surface area (Å²) < 4.78 is 79.1. The van der Waals surface area contributed by atoms with Gasteiger partial charge in [0.1, 0.15) is 11.5 Å². The highest BCUT2D eigenvalue weighted by Gasteiger charge is 2.32. The van der Waals surface area contributed by atoms with Crippen LogP contribution >= 0.6 is 0 Å². The van der Waals surface area contributed by atoms with E-state index in [1.54, 1.807) is 12.1 Å². The van der Waals surface area contributed by atoms with Gasteiger partial charge in [-0.2, -0.15) is 26.3 Å². The fourth-order valence-corrected chi connectivity index (χ4v) is 13.2. The Morgan fingerprint density at radius 2 is 0.808 bits per heavy atom. The van der Waals surface area contributed by atoms with Gasteiger partial charge in [0.2, 0.25) is 0 Å². The first-order valence-corrected chi connectivity index (χ1v) is 34.5. The molecule has 4 rings (SSSR count). The zero-order valence-electron chi connectivity index (χ0n) is 45.5. The molecule has 0 aliphatic heterocycles. The summed E-state index contributed by atoms with van der Waals surface area (Å²) in [6.45, 7) is 13.3. The zero-order valence-corrected chi connectivity index (χ0v) is 47.5. The molecule has 0 spiro atoms. The van der Waals surface area contributed by atoms with Crippen LogP contribution in [0.15, 0.2) is 73.3 Å². The van der Waals surface area contributed by atoms with E-state index < -0.39 is 41.3 Å². The number of aromatic nitrogens is 4. The molecular weight excluding hydrogens is 971 g/mol. The number of nitrogens with zero attached hydrogens (tertiary/aromatic N) is 4. The molecule has 4 aromatic rings. The fraction of sp³-hybridized carbons (Fsp3) is 0.655. The standard InChI is InChI=1S/C29H45F3N2OSi.C20H28N2O.C9H19F3OSi/c1-4-5-6-7-8-9-10-11-14-25-23-33-28(34-24-25)26-15-17-27(18-16-26)35-20-12-13-21-36(2,3)22-19-29(30,31)32;1-2-3-4-5-6-7-8-9-10-17-15-21-20(22-16-17)18-11-13-19(23)14-12-18;1-14(2,7-4-3-6-13)8-5-9(10,11)12/h15-18,23-24H,4-14,19-22H2,1-3H3;11-16,23H,2-10H2,1H3;13H,3-8H2,1-2H3. The van der Waals surface area contributed by atoms with Crippen LogP contribution in [-0.4, -0.2) is 71.9 Å². The maximum Gasteiger partial charge on any atom is 0.388 e. The molecule has 2 aromatic carbocycles. The van der Waals surface area contributed by atoms with Gasteiger partial charge >= 0.3 is 12.4 Å². The van der Waals surface area contributed by atoms with Gasteiger partial charge < -0.3 is 14.9 Å². The van der Waals surface area contributed by atoms with Gasteiger partial charge in [0.05, 0.1) is 6.61 Å². The van der Waals surface area contributed by atoms with Crippen molar-refractivity contribution >= 4 is 16.1 Å². The van der Waals surface area contributed by atoms with Gasteiger partial charge in [0.25, 0.3) is 0 Å². The van der Waals surface area contributed by atoms with Gasteiger partial charge in [0, 0.05) is 71.5 Å². The average Bonchev–Trinajstić information content (AvgIpc) is 3.35. The Bertz CT molecular complexity index is 1950. The van der Waals surface area contributed by atoms with Crippen LogP contribution in [0.25, 0.3) is 22.8 Å². The third kappa shape index (κ3) is 34.4. The minimum Gasteiger partial charge on any atom is -0.508 e. The minimum absolute atomic E-state index is 0.143. The third-order valence-corrected chi connectivity index (χ3v) is 19.9. The molecule has 2 N–H and O–H groups in total. The molecule has 0 radical (unpaired) electrons. The largest absolute Gasteiger partial charge is 0.508 e. The number of hydrogen-bond donors (Lipinski definition) is 2. The minimum atomic E-state index is -4.04. The van der Waals surface area contributed by atoms with E-state index in [0.717, 1.165) is 61.1 Å². The first kappa shape index (κ1) is 65.3. The summed E-state index contributed by atoms with van der Waals surface area (Å²) >= 11 is 0. The van der Waals surface area contributed by atoms with Gasteiger partial charge in [0.15, 0.2) is 11.6 Å². The number of ether oxygens (including phenoxy) is 1. The van der Waals surface area contributed by atoms with E-state index in [1.807, 2.05) is 87.4 Å². The van der Waals surface area contributed by atoms with Crippen LogP contribution in [0.2, 0.25) is 50.4 Å². The van der Waals surface area contributed by atoms with Crippen molar-refractivity contribution in [1.29, 1.82) is 0 Å². The summed E-state index contributed by atoms with van der Waals surface area (Å²) in [5.74, 6) is 2.48. The second kappa shape index (κ2) is 37.0. The van der Waals surface area contributed by atoms with E-state index in [4.69, 9.17) is 9.84 Å². The number of aliphatic hydroxyl groups excluding tert-OH is 1. The summed E-state index contributed by atoms with van der Waals surface area (Å²) in [6.07, 6.45) is 25.0. The van der Waals surface area contributed by atoms with Gasteiger partial charge in [-0.15, -0.1) is 0 Å². The Kier molecular flexibility index (Phi) is 33.1. The molecule has 412 valence electrons. The molecule has 0 saturated carbocycles. The monoisotopic (exact) mass is 1060 g/mol. The van der Waals surface area contributed by atoms with E-state index >= 15 is 0 Å². The van der Waals surface area contributed by atoms with Crippen molar-refractivity contribution in [1.82, 2.24) is 19.9 Å². The van der Waals surface area contributed by atoms with E-state index in [1.165, 1.54) is 114 Å². The molecule has 0 fully saturated rings. The molecule has 0 aliphatic rings. The lowest BCUT2D eigenvalue weighted by atomic mass is 10.1. The van der Waals surface area contributed by atoms with Crippen molar-refractivity contribution in [3.8, 4) is 34.3 Å². The number of aliphatic hydroxyl groups is 1. The number of aromatic hydroxyl groups is 1. The predicted octanol–water partition coefficient (Wildman–Crippen LogP) is 18.6. The predicted molar refractivity (Wildman–Crippen MR) is 296 cm³/mol. The number of aryl methyl sites for hydroxylation is 2.